The van der Waals surface area contributed by atoms with Crippen molar-refractivity contribution in [2.75, 3.05) is 25.3 Å². The summed E-state index contributed by atoms with van der Waals surface area (Å²) in [6, 6.07) is 10.2. The molecule has 0 aromatic heterocycles. The van der Waals surface area contributed by atoms with Crippen LogP contribution in [0, 0.1) is 0 Å². The van der Waals surface area contributed by atoms with Crippen molar-refractivity contribution in [3.63, 3.8) is 0 Å². The normalized spacial score (nSPS) is 10.0. The van der Waals surface area contributed by atoms with Gasteiger partial charge in [-0.1, -0.05) is 15.9 Å². The van der Waals surface area contributed by atoms with Gasteiger partial charge in [-0.25, -0.2) is 0 Å². The lowest BCUT2D eigenvalue weighted by Crippen LogP contribution is -2.13. The van der Waals surface area contributed by atoms with Crippen molar-refractivity contribution in [3.8, 4) is 11.5 Å². The summed E-state index contributed by atoms with van der Waals surface area (Å²) >= 11 is 3.32. The molecule has 2 rings (SSSR count). The summed E-state index contributed by atoms with van der Waals surface area (Å²) < 4.78 is 11.2. The van der Waals surface area contributed by atoms with Gasteiger partial charge in [-0.2, -0.15) is 0 Å². The third kappa shape index (κ3) is 3.46. The van der Waals surface area contributed by atoms with Crippen LogP contribution in [-0.2, 0) is 0 Å². The molecule has 0 heterocycles. The van der Waals surface area contributed by atoms with Gasteiger partial charge in [0.25, 0.3) is 5.91 Å². The second-order valence-electron chi connectivity index (χ2n) is 4.26. The Kier molecular flexibility index (Phi) is 4.70. The third-order valence-electron chi connectivity index (χ3n) is 2.91. The van der Waals surface area contributed by atoms with Crippen molar-refractivity contribution < 1.29 is 14.3 Å². The zero-order valence-corrected chi connectivity index (χ0v) is 13.2. The average molecular weight is 351 g/mol. The standard InChI is InChI=1S/C15H15BrN2O3/c1-20-13-6-3-9(7-14(13)21-2)15(19)18-12-5-4-10(16)8-11(12)17/h3-8H,17H2,1-2H3,(H,18,19). The van der Waals surface area contributed by atoms with E-state index >= 15 is 0 Å². The van der Waals surface area contributed by atoms with E-state index < -0.39 is 0 Å². The Morgan fingerprint density at radius 3 is 2.43 bits per heavy atom. The molecule has 3 N–H and O–H groups in total. The van der Waals surface area contributed by atoms with Crippen LogP contribution in [0.5, 0.6) is 11.5 Å². The molecule has 110 valence electrons. The molecule has 0 aliphatic heterocycles. The zero-order valence-electron chi connectivity index (χ0n) is 11.6. The topological polar surface area (TPSA) is 73.6 Å². The van der Waals surface area contributed by atoms with Gasteiger partial charge >= 0.3 is 0 Å². The van der Waals surface area contributed by atoms with E-state index in [0.717, 1.165) is 4.47 Å². The number of amides is 1. The van der Waals surface area contributed by atoms with E-state index in [-0.39, 0.29) is 5.91 Å². The van der Waals surface area contributed by atoms with E-state index in [4.69, 9.17) is 15.2 Å². The molecule has 1 amide bonds. The van der Waals surface area contributed by atoms with E-state index in [9.17, 15) is 4.79 Å². The van der Waals surface area contributed by atoms with Gasteiger partial charge in [-0.3, -0.25) is 4.79 Å². The number of nitrogen functional groups attached to an aromatic ring is 1. The van der Waals surface area contributed by atoms with Gasteiger partial charge < -0.3 is 20.5 Å². The third-order valence-corrected chi connectivity index (χ3v) is 3.40. The lowest BCUT2D eigenvalue weighted by atomic mass is 10.1. The first-order valence-corrected chi connectivity index (χ1v) is 6.93. The number of anilines is 2. The van der Waals surface area contributed by atoms with Crippen molar-refractivity contribution in [2.24, 2.45) is 0 Å². The summed E-state index contributed by atoms with van der Waals surface area (Å²) in [5, 5.41) is 2.76. The summed E-state index contributed by atoms with van der Waals surface area (Å²) in [5.74, 6) is 0.788. The summed E-state index contributed by atoms with van der Waals surface area (Å²) in [5.41, 5.74) is 7.35. The fourth-order valence-corrected chi connectivity index (χ4v) is 2.20. The van der Waals surface area contributed by atoms with Gasteiger partial charge in [0.15, 0.2) is 11.5 Å². The van der Waals surface area contributed by atoms with Crippen LogP contribution >= 0.6 is 15.9 Å². The van der Waals surface area contributed by atoms with Crippen molar-refractivity contribution in [1.82, 2.24) is 0 Å². The fourth-order valence-electron chi connectivity index (χ4n) is 1.82. The number of benzene rings is 2. The highest BCUT2D eigenvalue weighted by Gasteiger charge is 2.12. The highest BCUT2D eigenvalue weighted by molar-refractivity contribution is 9.10. The predicted molar refractivity (Wildman–Crippen MR) is 86.1 cm³/mol. The number of hydrogen-bond donors (Lipinski definition) is 2. The van der Waals surface area contributed by atoms with Crippen LogP contribution < -0.4 is 20.5 Å². The second kappa shape index (κ2) is 6.49. The van der Waals surface area contributed by atoms with Crippen LogP contribution in [0.3, 0.4) is 0 Å². The molecular formula is C15H15BrN2O3. The Morgan fingerprint density at radius 1 is 1.10 bits per heavy atom. The summed E-state index contributed by atoms with van der Waals surface area (Å²) in [6.45, 7) is 0. The first-order valence-electron chi connectivity index (χ1n) is 6.13. The molecule has 0 aliphatic rings. The SMILES string of the molecule is COc1ccc(C(=O)Nc2ccc(Br)cc2N)cc1OC. The van der Waals surface area contributed by atoms with Crippen LogP contribution in [-0.4, -0.2) is 20.1 Å². The van der Waals surface area contributed by atoms with Gasteiger partial charge in [0.2, 0.25) is 0 Å². The molecule has 21 heavy (non-hydrogen) atoms. The van der Waals surface area contributed by atoms with Gasteiger partial charge in [-0.15, -0.1) is 0 Å². The van der Waals surface area contributed by atoms with E-state index in [2.05, 4.69) is 21.2 Å². The van der Waals surface area contributed by atoms with Crippen LogP contribution in [0.15, 0.2) is 40.9 Å². The number of hydrogen-bond acceptors (Lipinski definition) is 4. The molecule has 0 spiro atoms. The van der Waals surface area contributed by atoms with E-state index in [1.807, 2.05) is 0 Å². The van der Waals surface area contributed by atoms with E-state index in [1.165, 1.54) is 7.11 Å². The van der Waals surface area contributed by atoms with E-state index in [1.54, 1.807) is 43.5 Å². The number of methoxy groups -OCH3 is 2. The Hall–Kier alpha value is -2.21. The fraction of sp³-hybridized carbons (Fsp3) is 0.133. The molecule has 2 aromatic rings. The summed E-state index contributed by atoms with van der Waals surface area (Å²) in [7, 11) is 3.06. The van der Waals surface area contributed by atoms with Crippen molar-refractivity contribution in [3.05, 3.63) is 46.4 Å². The molecule has 0 unspecified atom stereocenters. The van der Waals surface area contributed by atoms with Gasteiger partial charge in [-0.05, 0) is 36.4 Å². The predicted octanol–water partition coefficient (Wildman–Crippen LogP) is 3.30. The maximum absolute atomic E-state index is 12.2. The molecule has 5 nitrogen and oxygen atoms in total. The van der Waals surface area contributed by atoms with Crippen LogP contribution in [0.2, 0.25) is 0 Å². The maximum atomic E-state index is 12.2. The smallest absolute Gasteiger partial charge is 0.255 e. The minimum atomic E-state index is -0.273. The maximum Gasteiger partial charge on any atom is 0.255 e. The van der Waals surface area contributed by atoms with Crippen molar-refractivity contribution >= 4 is 33.2 Å². The Bertz CT molecular complexity index is 674. The number of nitrogens with two attached hydrogens (primary N) is 1. The Morgan fingerprint density at radius 2 is 1.81 bits per heavy atom. The first-order chi connectivity index (χ1) is 10.0. The lowest BCUT2D eigenvalue weighted by molar-refractivity contribution is 0.102. The number of nitrogens with one attached hydrogen (secondary N) is 1. The van der Waals surface area contributed by atoms with Crippen LogP contribution in [0.25, 0.3) is 0 Å². The molecule has 6 heteroatoms. The number of carbonyl (C=O) groups is 1. The first kappa shape index (κ1) is 15.2. The zero-order chi connectivity index (χ0) is 15.4. The molecule has 0 bridgehead atoms. The number of carbonyl (C=O) groups excluding carboxylic acids is 1. The Balaban J connectivity index is 2.24. The number of halogens is 1. The summed E-state index contributed by atoms with van der Waals surface area (Å²) in [6.07, 6.45) is 0. The average Bonchev–Trinajstić information content (AvgIpc) is 2.49. The van der Waals surface area contributed by atoms with Crippen LogP contribution in [0.1, 0.15) is 10.4 Å². The quantitative estimate of drug-likeness (QED) is 0.829. The van der Waals surface area contributed by atoms with E-state index in [0.29, 0.717) is 28.4 Å². The number of rotatable bonds is 4. The number of ether oxygens (including phenoxy) is 2. The van der Waals surface area contributed by atoms with Crippen molar-refractivity contribution in [2.45, 2.75) is 0 Å². The van der Waals surface area contributed by atoms with Gasteiger partial charge in [0, 0.05) is 10.0 Å². The molecular weight excluding hydrogens is 336 g/mol. The monoisotopic (exact) mass is 350 g/mol. The second-order valence-corrected chi connectivity index (χ2v) is 5.17. The van der Waals surface area contributed by atoms with Crippen molar-refractivity contribution in [1.29, 1.82) is 0 Å². The van der Waals surface area contributed by atoms with Crippen LogP contribution in [0.4, 0.5) is 11.4 Å². The Labute approximate surface area is 131 Å². The minimum absolute atomic E-state index is 0.273. The molecule has 0 aliphatic carbocycles. The molecule has 2 aromatic carbocycles. The largest absolute Gasteiger partial charge is 0.493 e. The lowest BCUT2D eigenvalue weighted by Gasteiger charge is -2.11. The minimum Gasteiger partial charge on any atom is -0.493 e. The molecule has 0 radical (unpaired) electrons. The molecule has 0 saturated carbocycles. The molecule has 0 fully saturated rings. The highest BCUT2D eigenvalue weighted by Crippen LogP contribution is 2.28. The van der Waals surface area contributed by atoms with Gasteiger partial charge in [0.1, 0.15) is 0 Å². The molecule has 0 atom stereocenters. The van der Waals surface area contributed by atoms with Gasteiger partial charge in [0.05, 0.1) is 25.6 Å². The highest BCUT2D eigenvalue weighted by atomic mass is 79.9. The molecule has 0 saturated heterocycles. The summed E-state index contributed by atoms with van der Waals surface area (Å²) in [4.78, 5) is 12.2.